The maximum atomic E-state index is 12.8. The van der Waals surface area contributed by atoms with Crippen molar-refractivity contribution in [2.24, 2.45) is 0 Å². The van der Waals surface area contributed by atoms with Crippen molar-refractivity contribution >= 4 is 17.6 Å². The standard InChI is InChI=1S/C19H16N4O2/c1-12-16(18(24)22-15-5-3-2-4-6-15)17(23-19(25)21-12)14-9-7-13(11-20)8-10-14/h2-10,17H,1H3,(H,22,24)(H2,21,23,25)/t17-/m0/s1. The lowest BCUT2D eigenvalue weighted by atomic mass is 9.94. The molecule has 0 fully saturated rings. The number of amides is 3. The van der Waals surface area contributed by atoms with Gasteiger partial charge in [-0.25, -0.2) is 4.79 Å². The molecule has 0 radical (unpaired) electrons. The van der Waals surface area contributed by atoms with Gasteiger partial charge in [0.05, 0.1) is 23.2 Å². The van der Waals surface area contributed by atoms with Crippen molar-refractivity contribution in [1.29, 1.82) is 5.26 Å². The van der Waals surface area contributed by atoms with E-state index in [1.807, 2.05) is 18.2 Å². The molecule has 0 bridgehead atoms. The minimum absolute atomic E-state index is 0.300. The highest BCUT2D eigenvalue weighted by Crippen LogP contribution is 2.28. The number of nitriles is 1. The summed E-state index contributed by atoms with van der Waals surface area (Å²) in [6.07, 6.45) is 0. The van der Waals surface area contributed by atoms with Crippen molar-refractivity contribution in [3.8, 4) is 6.07 Å². The van der Waals surface area contributed by atoms with Crippen LogP contribution in [-0.2, 0) is 4.79 Å². The first kappa shape index (κ1) is 16.3. The molecule has 6 nitrogen and oxygen atoms in total. The summed E-state index contributed by atoms with van der Waals surface area (Å²) in [5.74, 6) is -0.300. The van der Waals surface area contributed by atoms with E-state index in [1.54, 1.807) is 43.3 Å². The van der Waals surface area contributed by atoms with Crippen molar-refractivity contribution in [2.45, 2.75) is 13.0 Å². The van der Waals surface area contributed by atoms with Crippen LogP contribution in [-0.4, -0.2) is 11.9 Å². The predicted molar refractivity (Wildman–Crippen MR) is 93.3 cm³/mol. The number of anilines is 1. The Bertz CT molecular complexity index is 880. The molecule has 0 saturated heterocycles. The Morgan fingerprint density at radius 3 is 2.44 bits per heavy atom. The fourth-order valence-electron chi connectivity index (χ4n) is 2.71. The number of allylic oxidation sites excluding steroid dienone is 1. The first-order valence-electron chi connectivity index (χ1n) is 7.73. The van der Waals surface area contributed by atoms with E-state index in [4.69, 9.17) is 5.26 Å². The van der Waals surface area contributed by atoms with E-state index in [0.717, 1.165) is 5.56 Å². The molecule has 0 saturated carbocycles. The molecular formula is C19H16N4O2. The topological polar surface area (TPSA) is 94.0 Å². The van der Waals surface area contributed by atoms with Gasteiger partial charge in [-0.1, -0.05) is 30.3 Å². The second-order valence-corrected chi connectivity index (χ2v) is 5.62. The van der Waals surface area contributed by atoms with Gasteiger partial charge in [-0.2, -0.15) is 5.26 Å². The predicted octanol–water partition coefficient (Wildman–Crippen LogP) is 2.82. The van der Waals surface area contributed by atoms with E-state index in [-0.39, 0.29) is 11.9 Å². The number of rotatable bonds is 3. The Hall–Kier alpha value is -3.59. The summed E-state index contributed by atoms with van der Waals surface area (Å²) in [5.41, 5.74) is 2.83. The molecule has 25 heavy (non-hydrogen) atoms. The molecule has 1 atom stereocenters. The van der Waals surface area contributed by atoms with Crippen molar-refractivity contribution < 1.29 is 9.59 Å². The lowest BCUT2D eigenvalue weighted by Crippen LogP contribution is -2.45. The van der Waals surface area contributed by atoms with Crippen LogP contribution in [0.2, 0.25) is 0 Å². The van der Waals surface area contributed by atoms with E-state index in [2.05, 4.69) is 22.0 Å². The Balaban J connectivity index is 1.94. The smallest absolute Gasteiger partial charge is 0.319 e. The van der Waals surface area contributed by atoms with Crippen LogP contribution in [0.4, 0.5) is 10.5 Å². The van der Waals surface area contributed by atoms with Crippen molar-refractivity contribution in [1.82, 2.24) is 10.6 Å². The minimum Gasteiger partial charge on any atom is -0.327 e. The normalized spacial score (nSPS) is 16.5. The molecule has 0 aromatic heterocycles. The van der Waals surface area contributed by atoms with Crippen LogP contribution in [0.5, 0.6) is 0 Å². The molecule has 2 aromatic carbocycles. The molecular weight excluding hydrogens is 316 g/mol. The first-order chi connectivity index (χ1) is 12.1. The highest BCUT2D eigenvalue weighted by molar-refractivity contribution is 6.06. The summed E-state index contributed by atoms with van der Waals surface area (Å²) in [5, 5.41) is 17.2. The largest absolute Gasteiger partial charge is 0.327 e. The van der Waals surface area contributed by atoms with Crippen LogP contribution >= 0.6 is 0 Å². The number of nitrogens with one attached hydrogen (secondary N) is 3. The quantitative estimate of drug-likeness (QED) is 0.806. The zero-order valence-corrected chi connectivity index (χ0v) is 13.5. The van der Waals surface area contributed by atoms with E-state index in [0.29, 0.717) is 22.5 Å². The molecule has 124 valence electrons. The minimum atomic E-state index is -0.592. The van der Waals surface area contributed by atoms with E-state index in [9.17, 15) is 9.59 Å². The second-order valence-electron chi connectivity index (χ2n) is 5.62. The van der Waals surface area contributed by atoms with Crippen molar-refractivity contribution in [3.63, 3.8) is 0 Å². The van der Waals surface area contributed by atoms with Crippen LogP contribution in [0.1, 0.15) is 24.1 Å². The summed E-state index contributed by atoms with van der Waals surface area (Å²) >= 11 is 0. The molecule has 3 rings (SSSR count). The highest BCUT2D eigenvalue weighted by atomic mass is 16.2. The number of hydrogen-bond acceptors (Lipinski definition) is 3. The molecule has 3 amide bonds. The Morgan fingerprint density at radius 1 is 1.12 bits per heavy atom. The lowest BCUT2D eigenvalue weighted by molar-refractivity contribution is -0.113. The van der Waals surface area contributed by atoms with Gasteiger partial charge in [-0.05, 0) is 36.8 Å². The molecule has 0 unspecified atom stereocenters. The first-order valence-corrected chi connectivity index (χ1v) is 7.73. The summed E-state index contributed by atoms with van der Waals surface area (Å²) < 4.78 is 0. The van der Waals surface area contributed by atoms with Crippen LogP contribution in [0.25, 0.3) is 0 Å². The van der Waals surface area contributed by atoms with Gasteiger partial charge in [-0.3, -0.25) is 4.79 Å². The Morgan fingerprint density at radius 2 is 1.80 bits per heavy atom. The molecule has 3 N–H and O–H groups in total. The van der Waals surface area contributed by atoms with Gasteiger partial charge in [0.25, 0.3) is 5.91 Å². The number of para-hydroxylation sites is 1. The average Bonchev–Trinajstić information content (AvgIpc) is 2.62. The maximum Gasteiger partial charge on any atom is 0.319 e. The third kappa shape index (κ3) is 3.51. The average molecular weight is 332 g/mol. The molecule has 1 aliphatic heterocycles. The second kappa shape index (κ2) is 6.89. The van der Waals surface area contributed by atoms with E-state index >= 15 is 0 Å². The van der Waals surface area contributed by atoms with Crippen molar-refractivity contribution in [3.05, 3.63) is 77.0 Å². The molecule has 1 aliphatic rings. The summed E-state index contributed by atoms with van der Waals surface area (Å²) in [7, 11) is 0. The van der Waals surface area contributed by atoms with Gasteiger partial charge < -0.3 is 16.0 Å². The Labute approximate surface area is 145 Å². The fourth-order valence-corrected chi connectivity index (χ4v) is 2.71. The summed E-state index contributed by atoms with van der Waals surface area (Å²) in [4.78, 5) is 24.6. The van der Waals surface area contributed by atoms with Crippen LogP contribution in [0.15, 0.2) is 65.9 Å². The zero-order chi connectivity index (χ0) is 17.8. The lowest BCUT2D eigenvalue weighted by Gasteiger charge is -2.28. The third-order valence-electron chi connectivity index (χ3n) is 3.92. The molecule has 0 spiro atoms. The fraction of sp³-hybridized carbons (Fsp3) is 0.105. The van der Waals surface area contributed by atoms with Crippen LogP contribution in [0.3, 0.4) is 0 Å². The van der Waals surface area contributed by atoms with E-state index < -0.39 is 6.04 Å². The van der Waals surface area contributed by atoms with Crippen LogP contribution < -0.4 is 16.0 Å². The number of hydrogen-bond donors (Lipinski definition) is 3. The summed E-state index contributed by atoms with van der Waals surface area (Å²) in [6, 6.07) is 17.0. The zero-order valence-electron chi connectivity index (χ0n) is 13.5. The van der Waals surface area contributed by atoms with Gasteiger partial charge >= 0.3 is 6.03 Å². The highest BCUT2D eigenvalue weighted by Gasteiger charge is 2.31. The molecule has 6 heteroatoms. The number of urea groups is 1. The number of nitrogens with zero attached hydrogens (tertiary/aromatic N) is 1. The van der Waals surface area contributed by atoms with Crippen molar-refractivity contribution in [2.75, 3.05) is 5.32 Å². The number of carbonyl (C=O) groups excluding carboxylic acids is 2. The number of benzene rings is 2. The van der Waals surface area contributed by atoms with Gasteiger partial charge in [0.2, 0.25) is 0 Å². The molecule has 2 aromatic rings. The van der Waals surface area contributed by atoms with Crippen LogP contribution in [0, 0.1) is 11.3 Å². The Kier molecular flexibility index (Phi) is 4.48. The van der Waals surface area contributed by atoms with Gasteiger partial charge in [0, 0.05) is 11.4 Å². The van der Waals surface area contributed by atoms with Gasteiger partial charge in [-0.15, -0.1) is 0 Å². The summed E-state index contributed by atoms with van der Waals surface area (Å²) in [6.45, 7) is 1.69. The molecule has 0 aliphatic carbocycles. The van der Waals surface area contributed by atoms with Gasteiger partial charge in [0.1, 0.15) is 0 Å². The molecule has 1 heterocycles. The maximum absolute atomic E-state index is 12.8. The van der Waals surface area contributed by atoms with E-state index in [1.165, 1.54) is 0 Å². The SMILES string of the molecule is CC1=C(C(=O)Nc2ccccc2)[C@H](c2ccc(C#N)cc2)NC(=O)N1. The van der Waals surface area contributed by atoms with Gasteiger partial charge in [0.15, 0.2) is 0 Å². The third-order valence-corrected chi connectivity index (χ3v) is 3.92. The monoisotopic (exact) mass is 332 g/mol. The number of carbonyl (C=O) groups is 2.